The lowest BCUT2D eigenvalue weighted by Gasteiger charge is -2.05. The topological polar surface area (TPSA) is 61.6 Å². The number of ether oxygens (including phenoxy) is 2. The van der Waals surface area contributed by atoms with E-state index in [4.69, 9.17) is 14.0 Å². The molecule has 20 heavy (non-hydrogen) atoms. The molecular weight excluding hydrogens is 265 g/mol. The van der Waals surface area contributed by atoms with E-state index < -0.39 is 11.8 Å². The number of rotatable bonds is 4. The zero-order chi connectivity index (χ0) is 14.7. The van der Waals surface area contributed by atoms with Crippen LogP contribution in [0.4, 0.5) is 4.39 Å². The molecule has 0 aliphatic rings. The van der Waals surface area contributed by atoms with Gasteiger partial charge in [0.25, 0.3) is 0 Å². The standard InChI is InChI=1S/C14H14FNO4/c1-4-19-14(17)12-8(2)20-16-13(12)9-5-6-10(15)11(7-9)18-3/h5-7H,4H2,1-3H3. The van der Waals surface area contributed by atoms with E-state index in [0.29, 0.717) is 17.0 Å². The highest BCUT2D eigenvalue weighted by molar-refractivity contribution is 5.97. The Balaban J connectivity index is 2.51. The number of benzene rings is 1. The quantitative estimate of drug-likeness (QED) is 0.805. The average molecular weight is 279 g/mol. The molecule has 0 bridgehead atoms. The zero-order valence-electron chi connectivity index (χ0n) is 11.4. The maximum absolute atomic E-state index is 13.4. The number of carbonyl (C=O) groups is 1. The summed E-state index contributed by atoms with van der Waals surface area (Å²) in [5, 5.41) is 3.84. The predicted octanol–water partition coefficient (Wildman–Crippen LogP) is 2.97. The summed E-state index contributed by atoms with van der Waals surface area (Å²) in [7, 11) is 1.36. The molecule has 0 spiro atoms. The van der Waals surface area contributed by atoms with Gasteiger partial charge in [-0.05, 0) is 32.0 Å². The third-order valence-corrected chi connectivity index (χ3v) is 2.77. The van der Waals surface area contributed by atoms with Crippen LogP contribution in [0.15, 0.2) is 22.7 Å². The van der Waals surface area contributed by atoms with Gasteiger partial charge in [0.2, 0.25) is 0 Å². The molecule has 0 saturated heterocycles. The van der Waals surface area contributed by atoms with E-state index in [9.17, 15) is 9.18 Å². The van der Waals surface area contributed by atoms with Crippen LogP contribution < -0.4 is 4.74 Å². The third kappa shape index (κ3) is 2.49. The van der Waals surface area contributed by atoms with Gasteiger partial charge >= 0.3 is 5.97 Å². The van der Waals surface area contributed by atoms with E-state index in [-0.39, 0.29) is 17.9 Å². The van der Waals surface area contributed by atoms with Crippen molar-refractivity contribution in [3.05, 3.63) is 35.3 Å². The first-order valence-electron chi connectivity index (χ1n) is 6.05. The van der Waals surface area contributed by atoms with Crippen molar-refractivity contribution in [1.29, 1.82) is 0 Å². The van der Waals surface area contributed by atoms with Crippen molar-refractivity contribution in [3.63, 3.8) is 0 Å². The Morgan fingerprint density at radius 1 is 1.45 bits per heavy atom. The summed E-state index contributed by atoms with van der Waals surface area (Å²) < 4.78 is 28.3. The average Bonchev–Trinajstić information content (AvgIpc) is 2.81. The minimum atomic E-state index is -0.524. The summed E-state index contributed by atoms with van der Waals surface area (Å²) in [6.07, 6.45) is 0. The van der Waals surface area contributed by atoms with Gasteiger partial charge in [0, 0.05) is 5.56 Å². The lowest BCUT2D eigenvalue weighted by Crippen LogP contribution is -2.06. The van der Waals surface area contributed by atoms with E-state index >= 15 is 0 Å². The molecule has 0 radical (unpaired) electrons. The van der Waals surface area contributed by atoms with Gasteiger partial charge in [0.05, 0.1) is 13.7 Å². The van der Waals surface area contributed by atoms with Crippen LogP contribution in [-0.4, -0.2) is 24.8 Å². The highest BCUT2D eigenvalue weighted by Gasteiger charge is 2.23. The van der Waals surface area contributed by atoms with Crippen molar-refractivity contribution < 1.29 is 23.2 Å². The molecule has 1 aromatic heterocycles. The fourth-order valence-electron chi connectivity index (χ4n) is 1.82. The lowest BCUT2D eigenvalue weighted by atomic mass is 10.1. The second kappa shape index (κ2) is 5.73. The number of esters is 1. The summed E-state index contributed by atoms with van der Waals surface area (Å²) in [5.41, 5.74) is 1.06. The van der Waals surface area contributed by atoms with E-state index in [1.54, 1.807) is 13.8 Å². The molecule has 106 valence electrons. The Morgan fingerprint density at radius 3 is 2.85 bits per heavy atom. The number of halogens is 1. The smallest absolute Gasteiger partial charge is 0.344 e. The molecule has 6 heteroatoms. The number of methoxy groups -OCH3 is 1. The fourth-order valence-corrected chi connectivity index (χ4v) is 1.82. The summed E-state index contributed by atoms with van der Waals surface area (Å²) in [4.78, 5) is 11.9. The first-order chi connectivity index (χ1) is 9.58. The highest BCUT2D eigenvalue weighted by Crippen LogP contribution is 2.29. The molecule has 0 atom stereocenters. The summed E-state index contributed by atoms with van der Waals surface area (Å²) in [5.74, 6) is -0.599. The molecule has 0 aliphatic heterocycles. The minimum Gasteiger partial charge on any atom is -0.494 e. The van der Waals surface area contributed by atoms with E-state index in [0.717, 1.165) is 0 Å². The Hall–Kier alpha value is -2.37. The molecule has 2 aromatic rings. The third-order valence-electron chi connectivity index (χ3n) is 2.77. The Kier molecular flexibility index (Phi) is 4.02. The van der Waals surface area contributed by atoms with Crippen LogP contribution in [0.2, 0.25) is 0 Å². The van der Waals surface area contributed by atoms with Crippen LogP contribution in [-0.2, 0) is 4.74 Å². The van der Waals surface area contributed by atoms with E-state index in [1.165, 1.54) is 25.3 Å². The highest BCUT2D eigenvalue weighted by atomic mass is 19.1. The van der Waals surface area contributed by atoms with Gasteiger partial charge < -0.3 is 14.0 Å². The van der Waals surface area contributed by atoms with Crippen molar-refractivity contribution in [2.75, 3.05) is 13.7 Å². The normalized spacial score (nSPS) is 10.4. The zero-order valence-corrected chi connectivity index (χ0v) is 11.4. The minimum absolute atomic E-state index is 0.0676. The van der Waals surface area contributed by atoms with Gasteiger partial charge in [0.15, 0.2) is 11.6 Å². The Morgan fingerprint density at radius 2 is 2.20 bits per heavy atom. The van der Waals surface area contributed by atoms with Crippen LogP contribution in [0.1, 0.15) is 23.0 Å². The first-order valence-corrected chi connectivity index (χ1v) is 6.05. The van der Waals surface area contributed by atoms with Crippen LogP contribution in [0, 0.1) is 12.7 Å². The number of nitrogens with zero attached hydrogens (tertiary/aromatic N) is 1. The van der Waals surface area contributed by atoms with Crippen molar-refractivity contribution in [1.82, 2.24) is 5.16 Å². The fraction of sp³-hybridized carbons (Fsp3) is 0.286. The van der Waals surface area contributed by atoms with Gasteiger partial charge in [-0.1, -0.05) is 5.16 Å². The molecule has 0 unspecified atom stereocenters. The van der Waals surface area contributed by atoms with Crippen LogP contribution in [0.25, 0.3) is 11.3 Å². The van der Waals surface area contributed by atoms with Crippen molar-refractivity contribution in [3.8, 4) is 17.0 Å². The number of hydrogen-bond acceptors (Lipinski definition) is 5. The molecule has 2 rings (SSSR count). The maximum atomic E-state index is 13.4. The summed E-state index contributed by atoms with van der Waals surface area (Å²) >= 11 is 0. The maximum Gasteiger partial charge on any atom is 0.344 e. The molecule has 0 amide bonds. The number of carbonyl (C=O) groups excluding carboxylic acids is 1. The van der Waals surface area contributed by atoms with Gasteiger partial charge in [-0.25, -0.2) is 9.18 Å². The van der Waals surface area contributed by atoms with Crippen molar-refractivity contribution >= 4 is 5.97 Å². The van der Waals surface area contributed by atoms with Crippen LogP contribution >= 0.6 is 0 Å². The molecule has 0 fully saturated rings. The van der Waals surface area contributed by atoms with Crippen LogP contribution in [0.5, 0.6) is 5.75 Å². The molecule has 0 N–H and O–H groups in total. The monoisotopic (exact) mass is 279 g/mol. The molecular formula is C14H14FNO4. The van der Waals surface area contributed by atoms with Crippen molar-refractivity contribution in [2.24, 2.45) is 0 Å². The lowest BCUT2D eigenvalue weighted by molar-refractivity contribution is 0.0525. The molecule has 5 nitrogen and oxygen atoms in total. The summed E-state index contributed by atoms with van der Waals surface area (Å²) in [6, 6.07) is 4.19. The SMILES string of the molecule is CCOC(=O)c1c(-c2ccc(F)c(OC)c2)noc1C. The van der Waals surface area contributed by atoms with E-state index in [1.807, 2.05) is 0 Å². The molecule has 0 saturated carbocycles. The second-order valence-electron chi connectivity index (χ2n) is 4.03. The largest absolute Gasteiger partial charge is 0.494 e. The van der Waals surface area contributed by atoms with Gasteiger partial charge in [-0.3, -0.25) is 0 Å². The van der Waals surface area contributed by atoms with Gasteiger partial charge in [-0.15, -0.1) is 0 Å². The summed E-state index contributed by atoms with van der Waals surface area (Å²) in [6.45, 7) is 3.57. The molecule has 0 aliphatic carbocycles. The first kappa shape index (κ1) is 14.0. The molecule has 1 aromatic carbocycles. The van der Waals surface area contributed by atoms with Gasteiger partial charge in [0.1, 0.15) is 17.0 Å². The van der Waals surface area contributed by atoms with E-state index in [2.05, 4.69) is 5.16 Å². The Bertz CT molecular complexity index is 636. The number of aromatic nitrogens is 1. The number of hydrogen-bond donors (Lipinski definition) is 0. The number of aryl methyl sites for hydroxylation is 1. The van der Waals surface area contributed by atoms with Gasteiger partial charge in [-0.2, -0.15) is 0 Å². The van der Waals surface area contributed by atoms with Crippen molar-refractivity contribution in [2.45, 2.75) is 13.8 Å². The predicted molar refractivity (Wildman–Crippen MR) is 69.1 cm³/mol. The van der Waals surface area contributed by atoms with Crippen LogP contribution in [0.3, 0.4) is 0 Å². The second-order valence-corrected chi connectivity index (χ2v) is 4.03. The Labute approximate surface area is 115 Å². The molecule has 1 heterocycles.